The molecule has 1 aromatic carbocycles. The largest absolute Gasteiger partial charge is 0.361 e. The van der Waals surface area contributed by atoms with Gasteiger partial charge in [-0.05, 0) is 31.9 Å². The van der Waals surface area contributed by atoms with Gasteiger partial charge in [-0.15, -0.1) is 0 Å². The second-order valence-corrected chi connectivity index (χ2v) is 5.04. The zero-order chi connectivity index (χ0) is 15.2. The molecule has 2 amide bonds. The Labute approximate surface area is 124 Å². The minimum Gasteiger partial charge on any atom is -0.361 e. The van der Waals surface area contributed by atoms with Gasteiger partial charge >= 0.3 is 0 Å². The molecule has 0 aliphatic rings. The number of hydrogen-bond acceptors (Lipinski definition) is 2. The van der Waals surface area contributed by atoms with E-state index in [1.807, 2.05) is 37.4 Å². The van der Waals surface area contributed by atoms with E-state index in [1.165, 1.54) is 0 Å². The molecule has 0 saturated carbocycles. The Morgan fingerprint density at radius 3 is 2.81 bits per heavy atom. The number of rotatable bonds is 6. The summed E-state index contributed by atoms with van der Waals surface area (Å²) in [4.78, 5) is 26.6. The van der Waals surface area contributed by atoms with Crippen LogP contribution in [0, 0.1) is 0 Å². The highest BCUT2D eigenvalue weighted by Crippen LogP contribution is 2.18. The number of benzene rings is 1. The van der Waals surface area contributed by atoms with E-state index < -0.39 is 6.04 Å². The zero-order valence-electron chi connectivity index (χ0n) is 12.4. The first-order chi connectivity index (χ1) is 10.1. The fraction of sp³-hybridized carbons (Fsp3) is 0.375. The molecule has 0 aliphatic carbocycles. The smallest absolute Gasteiger partial charge is 0.242 e. The second kappa shape index (κ2) is 6.92. The molecule has 0 saturated heterocycles. The van der Waals surface area contributed by atoms with Crippen molar-refractivity contribution in [2.24, 2.45) is 0 Å². The van der Waals surface area contributed by atoms with Crippen LogP contribution in [-0.2, 0) is 16.0 Å². The van der Waals surface area contributed by atoms with Gasteiger partial charge in [0.2, 0.25) is 11.8 Å². The second-order valence-electron chi connectivity index (χ2n) is 5.04. The third-order valence-corrected chi connectivity index (χ3v) is 3.42. The van der Waals surface area contributed by atoms with E-state index in [2.05, 4.69) is 15.6 Å². The zero-order valence-corrected chi connectivity index (χ0v) is 12.4. The summed E-state index contributed by atoms with van der Waals surface area (Å²) in [6, 6.07) is 7.51. The van der Waals surface area contributed by atoms with Gasteiger partial charge in [-0.3, -0.25) is 9.59 Å². The Balaban J connectivity index is 1.88. The lowest BCUT2D eigenvalue weighted by Gasteiger charge is -2.13. The van der Waals surface area contributed by atoms with Gasteiger partial charge in [0.15, 0.2) is 0 Å². The van der Waals surface area contributed by atoms with Crippen molar-refractivity contribution in [1.82, 2.24) is 15.6 Å². The Morgan fingerprint density at radius 1 is 1.29 bits per heavy atom. The molecule has 0 bridgehead atoms. The predicted octanol–water partition coefficient (Wildman–Crippen LogP) is 1.74. The summed E-state index contributed by atoms with van der Waals surface area (Å²) in [5, 5.41) is 6.54. The molecule has 0 spiro atoms. The van der Waals surface area contributed by atoms with Crippen LogP contribution in [0.3, 0.4) is 0 Å². The average Bonchev–Trinajstić information content (AvgIpc) is 2.88. The monoisotopic (exact) mass is 287 g/mol. The molecule has 1 aromatic heterocycles. The molecule has 112 valence electrons. The summed E-state index contributed by atoms with van der Waals surface area (Å²) in [5.74, 6) is -0.267. The molecule has 0 aliphatic heterocycles. The van der Waals surface area contributed by atoms with Crippen LogP contribution >= 0.6 is 0 Å². The number of aromatic amines is 1. The molecule has 2 aromatic rings. The van der Waals surface area contributed by atoms with E-state index in [0.29, 0.717) is 19.4 Å². The van der Waals surface area contributed by atoms with Crippen molar-refractivity contribution in [3.63, 3.8) is 0 Å². The van der Waals surface area contributed by atoms with Gasteiger partial charge in [0.05, 0.1) is 0 Å². The van der Waals surface area contributed by atoms with E-state index in [1.54, 1.807) is 6.92 Å². The first-order valence-corrected chi connectivity index (χ1v) is 7.24. The molecule has 1 unspecified atom stereocenters. The van der Waals surface area contributed by atoms with Crippen molar-refractivity contribution in [3.8, 4) is 0 Å². The minimum absolute atomic E-state index is 0.112. The molecular formula is C16H21N3O2. The molecule has 0 radical (unpaired) electrons. The highest BCUT2D eigenvalue weighted by molar-refractivity contribution is 5.88. The Bertz CT molecular complexity index is 633. The van der Waals surface area contributed by atoms with Crippen molar-refractivity contribution >= 4 is 22.7 Å². The first kappa shape index (κ1) is 15.1. The standard InChI is InChI=1S/C16H21N3O2/c1-3-17-16(21)11(2)19-15(20)9-8-12-10-18-14-7-5-4-6-13(12)14/h4-7,10-11,18H,3,8-9H2,1-2H3,(H,17,21)(H,19,20). The van der Waals surface area contributed by atoms with Crippen molar-refractivity contribution in [2.75, 3.05) is 6.54 Å². The average molecular weight is 287 g/mol. The van der Waals surface area contributed by atoms with E-state index in [9.17, 15) is 9.59 Å². The lowest BCUT2D eigenvalue weighted by atomic mass is 10.1. The maximum atomic E-state index is 11.9. The lowest BCUT2D eigenvalue weighted by molar-refractivity contribution is -0.128. The van der Waals surface area contributed by atoms with E-state index >= 15 is 0 Å². The summed E-state index contributed by atoms with van der Waals surface area (Å²) in [6.45, 7) is 4.10. The fourth-order valence-electron chi connectivity index (χ4n) is 2.29. The van der Waals surface area contributed by atoms with Crippen molar-refractivity contribution in [2.45, 2.75) is 32.7 Å². The van der Waals surface area contributed by atoms with Gasteiger partial charge in [-0.25, -0.2) is 0 Å². The molecule has 2 rings (SSSR count). The number of carbonyl (C=O) groups is 2. The minimum atomic E-state index is -0.500. The van der Waals surface area contributed by atoms with Crippen LogP contribution < -0.4 is 10.6 Å². The van der Waals surface area contributed by atoms with E-state index in [0.717, 1.165) is 16.5 Å². The normalized spacial score (nSPS) is 12.1. The highest BCUT2D eigenvalue weighted by Gasteiger charge is 2.14. The van der Waals surface area contributed by atoms with Crippen molar-refractivity contribution in [1.29, 1.82) is 0 Å². The molecule has 0 fully saturated rings. The number of hydrogen-bond donors (Lipinski definition) is 3. The summed E-state index contributed by atoms with van der Waals surface area (Å²) in [6.07, 6.45) is 2.95. The van der Waals surface area contributed by atoms with Gasteiger partial charge in [0.1, 0.15) is 6.04 Å². The molecule has 5 heteroatoms. The predicted molar refractivity (Wildman–Crippen MR) is 82.9 cm³/mol. The summed E-state index contributed by atoms with van der Waals surface area (Å²) in [5.41, 5.74) is 2.19. The van der Waals surface area contributed by atoms with Crippen LogP contribution in [0.5, 0.6) is 0 Å². The van der Waals surface area contributed by atoms with Crippen LogP contribution in [0.25, 0.3) is 10.9 Å². The van der Waals surface area contributed by atoms with Crippen LogP contribution in [0.1, 0.15) is 25.8 Å². The number of H-pyrrole nitrogens is 1. The number of aryl methyl sites for hydroxylation is 1. The highest BCUT2D eigenvalue weighted by atomic mass is 16.2. The van der Waals surface area contributed by atoms with Crippen LogP contribution in [-0.4, -0.2) is 29.4 Å². The van der Waals surface area contributed by atoms with Crippen molar-refractivity contribution < 1.29 is 9.59 Å². The number of likely N-dealkylation sites (N-methyl/N-ethyl adjacent to an activating group) is 1. The van der Waals surface area contributed by atoms with Gasteiger partial charge in [-0.2, -0.15) is 0 Å². The van der Waals surface area contributed by atoms with Gasteiger partial charge in [0.25, 0.3) is 0 Å². The van der Waals surface area contributed by atoms with Crippen LogP contribution in [0.2, 0.25) is 0 Å². The van der Waals surface area contributed by atoms with Gasteiger partial charge in [0, 0.05) is 30.1 Å². The topological polar surface area (TPSA) is 74.0 Å². The van der Waals surface area contributed by atoms with E-state index in [4.69, 9.17) is 0 Å². The van der Waals surface area contributed by atoms with Crippen LogP contribution in [0.4, 0.5) is 0 Å². The quantitative estimate of drug-likeness (QED) is 0.757. The molecule has 3 N–H and O–H groups in total. The molecular weight excluding hydrogens is 266 g/mol. The van der Waals surface area contributed by atoms with Gasteiger partial charge < -0.3 is 15.6 Å². The summed E-state index contributed by atoms with van der Waals surface area (Å²) >= 11 is 0. The third-order valence-electron chi connectivity index (χ3n) is 3.42. The number of carbonyl (C=O) groups excluding carboxylic acids is 2. The Kier molecular flexibility index (Phi) is 4.98. The number of fused-ring (bicyclic) bond motifs is 1. The molecule has 5 nitrogen and oxygen atoms in total. The maximum absolute atomic E-state index is 11.9. The maximum Gasteiger partial charge on any atom is 0.242 e. The number of nitrogens with one attached hydrogen (secondary N) is 3. The summed E-state index contributed by atoms with van der Waals surface area (Å²) < 4.78 is 0. The molecule has 21 heavy (non-hydrogen) atoms. The summed E-state index contributed by atoms with van der Waals surface area (Å²) in [7, 11) is 0. The van der Waals surface area contributed by atoms with E-state index in [-0.39, 0.29) is 11.8 Å². The number of para-hydroxylation sites is 1. The van der Waals surface area contributed by atoms with Crippen molar-refractivity contribution in [3.05, 3.63) is 36.0 Å². The Hall–Kier alpha value is -2.30. The number of amides is 2. The lowest BCUT2D eigenvalue weighted by Crippen LogP contribution is -2.44. The molecule has 1 atom stereocenters. The fourth-order valence-corrected chi connectivity index (χ4v) is 2.29. The van der Waals surface area contributed by atoms with Gasteiger partial charge in [-0.1, -0.05) is 18.2 Å². The Morgan fingerprint density at radius 2 is 2.05 bits per heavy atom. The van der Waals surface area contributed by atoms with Crippen LogP contribution in [0.15, 0.2) is 30.5 Å². The SMILES string of the molecule is CCNC(=O)C(C)NC(=O)CCc1c[nH]c2ccccc12. The first-order valence-electron chi connectivity index (χ1n) is 7.24. The number of aromatic nitrogens is 1. The third kappa shape index (κ3) is 3.84. The molecule has 1 heterocycles.